The molecule has 1 aromatic heterocycles. The van der Waals surface area contributed by atoms with E-state index in [9.17, 15) is 9.59 Å². The van der Waals surface area contributed by atoms with Crippen LogP contribution >= 0.6 is 11.3 Å². The molecule has 0 bridgehead atoms. The lowest BCUT2D eigenvalue weighted by Crippen LogP contribution is -2.07. The largest absolute Gasteiger partial charge is 0.462 e. The number of carbonyl (C=O) groups is 2. The Kier molecular flexibility index (Phi) is 8.74. The maximum Gasteiger partial charge on any atom is 0.341 e. The smallest absolute Gasteiger partial charge is 0.341 e. The minimum absolute atomic E-state index is 0.307. The van der Waals surface area contributed by atoms with Gasteiger partial charge in [-0.15, -0.1) is 11.3 Å². The van der Waals surface area contributed by atoms with E-state index < -0.39 is 5.97 Å². The molecule has 0 aliphatic heterocycles. The number of nitrogen functional groups attached to an aromatic ring is 1. The highest BCUT2D eigenvalue weighted by molar-refractivity contribution is 7.17. The fraction of sp³-hybridized carbons (Fsp3) is 0.625. The van der Waals surface area contributed by atoms with E-state index >= 15 is 0 Å². The standard InChI is InChI=1S/C16H25NO3S/c1-2-3-4-5-6-7-8-9-10-20-16(19)14-11-13(12-18)21-15(14)17/h11-12H,2-10,17H2,1H3. The molecule has 0 atom stereocenters. The molecule has 21 heavy (non-hydrogen) atoms. The first-order valence-electron chi connectivity index (χ1n) is 7.70. The molecule has 0 fully saturated rings. The van der Waals surface area contributed by atoms with Crippen LogP contribution in [-0.4, -0.2) is 18.9 Å². The Hall–Kier alpha value is -1.36. The molecule has 1 heterocycles. The van der Waals surface area contributed by atoms with Gasteiger partial charge in [-0.2, -0.15) is 0 Å². The molecule has 0 spiro atoms. The summed E-state index contributed by atoms with van der Waals surface area (Å²) in [4.78, 5) is 22.9. The van der Waals surface area contributed by atoms with Crippen molar-refractivity contribution in [2.45, 2.75) is 58.3 Å². The highest BCUT2D eigenvalue weighted by Gasteiger charge is 2.14. The van der Waals surface area contributed by atoms with Crippen LogP contribution in [0.2, 0.25) is 0 Å². The Morgan fingerprint density at radius 3 is 2.38 bits per heavy atom. The number of nitrogens with two attached hydrogens (primary N) is 1. The molecule has 0 unspecified atom stereocenters. The Morgan fingerprint density at radius 1 is 1.19 bits per heavy atom. The normalized spacial score (nSPS) is 10.5. The summed E-state index contributed by atoms with van der Waals surface area (Å²) in [6.45, 7) is 2.63. The number of rotatable bonds is 11. The molecule has 2 N–H and O–H groups in total. The van der Waals surface area contributed by atoms with Gasteiger partial charge >= 0.3 is 5.97 Å². The highest BCUT2D eigenvalue weighted by atomic mass is 32.1. The average molecular weight is 311 g/mol. The number of esters is 1. The summed E-state index contributed by atoms with van der Waals surface area (Å²) in [5.74, 6) is -0.431. The molecule has 5 heteroatoms. The van der Waals surface area contributed by atoms with Gasteiger partial charge in [0.2, 0.25) is 0 Å². The predicted molar refractivity (Wildman–Crippen MR) is 87.0 cm³/mol. The number of aldehydes is 1. The van der Waals surface area contributed by atoms with E-state index in [0.29, 0.717) is 28.3 Å². The molecule has 118 valence electrons. The van der Waals surface area contributed by atoms with Gasteiger partial charge in [-0.1, -0.05) is 51.9 Å². The molecule has 0 amide bonds. The van der Waals surface area contributed by atoms with Crippen LogP contribution < -0.4 is 5.73 Å². The van der Waals surface area contributed by atoms with E-state index in [4.69, 9.17) is 10.5 Å². The van der Waals surface area contributed by atoms with Gasteiger partial charge in [0, 0.05) is 0 Å². The number of hydrogen-bond donors (Lipinski definition) is 1. The van der Waals surface area contributed by atoms with Crippen molar-refractivity contribution in [2.24, 2.45) is 0 Å². The molecule has 0 saturated heterocycles. The summed E-state index contributed by atoms with van der Waals surface area (Å²) in [6.07, 6.45) is 10.3. The third kappa shape index (κ3) is 6.76. The third-order valence-corrected chi connectivity index (χ3v) is 4.24. The highest BCUT2D eigenvalue weighted by Crippen LogP contribution is 2.24. The van der Waals surface area contributed by atoms with Crippen molar-refractivity contribution in [2.75, 3.05) is 12.3 Å². The van der Waals surface area contributed by atoms with E-state index in [1.54, 1.807) is 0 Å². The number of anilines is 1. The molecular weight excluding hydrogens is 286 g/mol. The van der Waals surface area contributed by atoms with Gasteiger partial charge in [-0.05, 0) is 12.5 Å². The van der Waals surface area contributed by atoms with Crippen LogP contribution in [-0.2, 0) is 4.74 Å². The first-order chi connectivity index (χ1) is 10.2. The van der Waals surface area contributed by atoms with E-state index in [0.717, 1.165) is 24.2 Å². The van der Waals surface area contributed by atoms with Crippen molar-refractivity contribution in [3.05, 3.63) is 16.5 Å². The third-order valence-electron chi connectivity index (χ3n) is 3.35. The monoisotopic (exact) mass is 311 g/mol. The summed E-state index contributed by atoms with van der Waals surface area (Å²) in [6, 6.07) is 1.49. The maximum absolute atomic E-state index is 11.8. The lowest BCUT2D eigenvalue weighted by molar-refractivity contribution is 0.0499. The van der Waals surface area contributed by atoms with Crippen LogP contribution in [0.1, 0.15) is 78.3 Å². The minimum Gasteiger partial charge on any atom is -0.462 e. The molecule has 0 aliphatic rings. The molecule has 4 nitrogen and oxygen atoms in total. The van der Waals surface area contributed by atoms with Gasteiger partial charge in [0.25, 0.3) is 0 Å². The van der Waals surface area contributed by atoms with Gasteiger partial charge < -0.3 is 10.5 Å². The van der Waals surface area contributed by atoms with E-state index in [-0.39, 0.29) is 0 Å². The summed E-state index contributed by atoms with van der Waals surface area (Å²) < 4.78 is 5.18. The minimum atomic E-state index is -0.431. The second kappa shape index (κ2) is 10.4. The number of carbonyl (C=O) groups excluding carboxylic acids is 2. The summed E-state index contributed by atoms with van der Waals surface area (Å²) in [5, 5.41) is 0.345. The number of ether oxygens (including phenoxy) is 1. The fourth-order valence-corrected chi connectivity index (χ4v) is 2.85. The zero-order chi connectivity index (χ0) is 15.5. The molecular formula is C16H25NO3S. The zero-order valence-electron chi connectivity index (χ0n) is 12.7. The zero-order valence-corrected chi connectivity index (χ0v) is 13.5. The Bertz CT molecular complexity index is 443. The van der Waals surface area contributed by atoms with Crippen LogP contribution in [0.25, 0.3) is 0 Å². The second-order valence-electron chi connectivity index (χ2n) is 5.16. The van der Waals surface area contributed by atoms with Gasteiger partial charge in [0.15, 0.2) is 6.29 Å². The molecule has 0 aromatic carbocycles. The fourth-order valence-electron chi connectivity index (χ4n) is 2.12. The Balaban J connectivity index is 2.11. The van der Waals surface area contributed by atoms with Crippen molar-refractivity contribution < 1.29 is 14.3 Å². The summed E-state index contributed by atoms with van der Waals surface area (Å²) in [5.41, 5.74) is 5.99. The van der Waals surface area contributed by atoms with Gasteiger partial charge in [0.05, 0.1) is 17.0 Å². The maximum atomic E-state index is 11.8. The van der Waals surface area contributed by atoms with Gasteiger partial charge in [-0.25, -0.2) is 4.79 Å². The quantitative estimate of drug-likeness (QED) is 0.372. The first-order valence-corrected chi connectivity index (χ1v) is 8.52. The van der Waals surface area contributed by atoms with Crippen molar-refractivity contribution in [1.82, 2.24) is 0 Å². The lowest BCUT2D eigenvalue weighted by Gasteiger charge is -2.04. The molecule has 1 aromatic rings. The van der Waals surface area contributed by atoms with Crippen molar-refractivity contribution in [1.29, 1.82) is 0 Å². The van der Waals surface area contributed by atoms with Crippen LogP contribution in [0.3, 0.4) is 0 Å². The summed E-state index contributed by atoms with van der Waals surface area (Å²) >= 11 is 1.11. The Morgan fingerprint density at radius 2 is 1.81 bits per heavy atom. The van der Waals surface area contributed by atoms with E-state index in [1.807, 2.05) is 0 Å². The molecule has 1 rings (SSSR count). The Labute approximate surface area is 130 Å². The van der Waals surface area contributed by atoms with Crippen LogP contribution in [0.5, 0.6) is 0 Å². The first kappa shape index (κ1) is 17.7. The second-order valence-corrected chi connectivity index (χ2v) is 6.27. The van der Waals surface area contributed by atoms with Gasteiger partial charge in [0.1, 0.15) is 5.00 Å². The van der Waals surface area contributed by atoms with E-state index in [1.165, 1.54) is 44.6 Å². The summed E-state index contributed by atoms with van der Waals surface area (Å²) in [7, 11) is 0. The van der Waals surface area contributed by atoms with Crippen LogP contribution in [0, 0.1) is 0 Å². The molecule has 0 radical (unpaired) electrons. The number of hydrogen-bond acceptors (Lipinski definition) is 5. The van der Waals surface area contributed by atoms with Gasteiger partial charge in [-0.3, -0.25) is 4.79 Å². The van der Waals surface area contributed by atoms with Crippen molar-refractivity contribution in [3.63, 3.8) is 0 Å². The van der Waals surface area contributed by atoms with Crippen molar-refractivity contribution >= 4 is 28.6 Å². The molecule has 0 aliphatic carbocycles. The SMILES string of the molecule is CCCCCCCCCCOC(=O)c1cc(C=O)sc1N. The number of thiophene rings is 1. The number of unbranched alkanes of at least 4 members (excludes halogenated alkanes) is 7. The lowest BCUT2D eigenvalue weighted by atomic mass is 10.1. The average Bonchev–Trinajstić information content (AvgIpc) is 2.86. The van der Waals surface area contributed by atoms with E-state index in [2.05, 4.69) is 6.92 Å². The van der Waals surface area contributed by atoms with Crippen molar-refractivity contribution in [3.8, 4) is 0 Å². The predicted octanol–water partition coefficient (Wildman–Crippen LogP) is 4.44. The topological polar surface area (TPSA) is 69.4 Å². The molecule has 0 saturated carbocycles. The van der Waals surface area contributed by atoms with Crippen LogP contribution in [0.4, 0.5) is 5.00 Å². The van der Waals surface area contributed by atoms with Crippen LogP contribution in [0.15, 0.2) is 6.07 Å².